The van der Waals surface area contributed by atoms with Crippen molar-refractivity contribution in [2.24, 2.45) is 7.05 Å². The van der Waals surface area contributed by atoms with Crippen LogP contribution in [0.4, 0.5) is 5.82 Å². The van der Waals surface area contributed by atoms with Crippen LogP contribution in [0.2, 0.25) is 0 Å². The van der Waals surface area contributed by atoms with Gasteiger partial charge in [0.25, 0.3) is 0 Å². The van der Waals surface area contributed by atoms with Gasteiger partial charge in [-0.25, -0.2) is 4.79 Å². The highest BCUT2D eigenvalue weighted by molar-refractivity contribution is 9.10. The lowest BCUT2D eigenvalue weighted by molar-refractivity contribution is -0.390. The first-order valence-corrected chi connectivity index (χ1v) is 6.49. The zero-order valence-electron chi connectivity index (χ0n) is 11.0. The van der Waals surface area contributed by atoms with E-state index in [2.05, 4.69) is 20.9 Å². The number of benzene rings is 1. The van der Waals surface area contributed by atoms with Crippen LogP contribution < -0.4 is 4.74 Å². The fraction of sp³-hybridized carbons (Fsp3) is 0.167. The molecule has 0 saturated carbocycles. The van der Waals surface area contributed by atoms with E-state index in [0.717, 1.165) is 0 Å². The largest absolute Gasteiger partial charge is 0.478 e. The van der Waals surface area contributed by atoms with E-state index in [1.165, 1.54) is 22.8 Å². The molecule has 0 unspecified atom stereocenters. The number of carboxylic acid groups (broad SMARTS) is 1. The van der Waals surface area contributed by atoms with Crippen LogP contribution in [-0.4, -0.2) is 25.6 Å². The molecule has 0 aliphatic carbocycles. The van der Waals surface area contributed by atoms with Crippen LogP contribution >= 0.6 is 15.9 Å². The van der Waals surface area contributed by atoms with Gasteiger partial charge in [0, 0.05) is 14.0 Å². The summed E-state index contributed by atoms with van der Waals surface area (Å²) in [7, 11) is 1.57. The van der Waals surface area contributed by atoms with Crippen molar-refractivity contribution in [3.8, 4) is 11.6 Å². The molecule has 0 saturated heterocycles. The fourth-order valence-corrected chi connectivity index (χ4v) is 1.95. The number of hydrogen-bond donors (Lipinski definition) is 1. The third-order valence-electron chi connectivity index (χ3n) is 2.81. The van der Waals surface area contributed by atoms with E-state index in [0.29, 0.717) is 10.3 Å². The Labute approximate surface area is 127 Å². The van der Waals surface area contributed by atoms with Crippen LogP contribution in [0.1, 0.15) is 16.2 Å². The van der Waals surface area contributed by atoms with Crippen molar-refractivity contribution in [2.75, 3.05) is 0 Å². The molecule has 2 rings (SSSR count). The van der Waals surface area contributed by atoms with Crippen molar-refractivity contribution >= 4 is 27.7 Å². The van der Waals surface area contributed by atoms with Gasteiger partial charge in [0.15, 0.2) is 0 Å². The summed E-state index contributed by atoms with van der Waals surface area (Å²) in [5.41, 5.74) is 0.00902. The Hall–Kier alpha value is -2.42. The maximum absolute atomic E-state index is 11.0. The van der Waals surface area contributed by atoms with Crippen molar-refractivity contribution in [1.82, 2.24) is 9.55 Å². The molecule has 0 amide bonds. The first-order valence-electron chi connectivity index (χ1n) is 5.69. The minimum Gasteiger partial charge on any atom is -0.478 e. The van der Waals surface area contributed by atoms with Gasteiger partial charge >= 0.3 is 17.7 Å². The van der Waals surface area contributed by atoms with Crippen molar-refractivity contribution < 1.29 is 19.6 Å². The molecule has 0 spiro atoms. The van der Waals surface area contributed by atoms with Crippen molar-refractivity contribution in [2.45, 2.75) is 6.92 Å². The average Bonchev–Trinajstić information content (AvgIpc) is 2.69. The lowest BCUT2D eigenvalue weighted by Crippen LogP contribution is -2.00. The summed E-state index contributed by atoms with van der Waals surface area (Å²) in [4.78, 5) is 25.1. The number of nitrogens with zero attached hydrogens (tertiary/aromatic N) is 3. The number of carboxylic acids is 1. The number of aromatic carboxylic acids is 1. The summed E-state index contributed by atoms with van der Waals surface area (Å²) >= 11 is 3.21. The first-order chi connectivity index (χ1) is 9.81. The zero-order valence-corrected chi connectivity index (χ0v) is 12.6. The number of hydrogen-bond acceptors (Lipinski definition) is 5. The van der Waals surface area contributed by atoms with E-state index in [-0.39, 0.29) is 17.2 Å². The summed E-state index contributed by atoms with van der Waals surface area (Å²) in [6.07, 6.45) is 0. The van der Waals surface area contributed by atoms with Gasteiger partial charge < -0.3 is 20.0 Å². The van der Waals surface area contributed by atoms with Gasteiger partial charge in [-0.2, -0.15) is 0 Å². The number of carbonyl (C=O) groups is 1. The van der Waals surface area contributed by atoms with E-state index < -0.39 is 16.7 Å². The molecule has 21 heavy (non-hydrogen) atoms. The van der Waals surface area contributed by atoms with Crippen LogP contribution in [0.15, 0.2) is 22.7 Å². The van der Waals surface area contributed by atoms with E-state index in [4.69, 9.17) is 9.84 Å². The molecule has 1 N–H and O–H groups in total. The van der Waals surface area contributed by atoms with Gasteiger partial charge in [-0.05, 0) is 44.0 Å². The van der Waals surface area contributed by atoms with Crippen molar-refractivity contribution in [3.63, 3.8) is 0 Å². The second kappa shape index (κ2) is 5.52. The molecule has 0 fully saturated rings. The topological polar surface area (TPSA) is 107 Å². The Morgan fingerprint density at radius 2 is 2.19 bits per heavy atom. The van der Waals surface area contributed by atoms with Crippen molar-refractivity contribution in [1.29, 1.82) is 0 Å². The number of ether oxygens (including phenoxy) is 1. The second-order valence-corrected chi connectivity index (χ2v) is 5.01. The van der Waals surface area contributed by atoms with E-state index >= 15 is 0 Å². The van der Waals surface area contributed by atoms with Crippen LogP contribution in [-0.2, 0) is 7.05 Å². The first kappa shape index (κ1) is 15.0. The Kier molecular flexibility index (Phi) is 3.94. The molecule has 0 aliphatic rings. The molecule has 110 valence electrons. The lowest BCUT2D eigenvalue weighted by Gasteiger charge is -2.08. The molecular weight excluding hydrogens is 346 g/mol. The Morgan fingerprint density at radius 3 is 2.76 bits per heavy atom. The minimum atomic E-state index is -1.12. The Balaban J connectivity index is 2.50. The Morgan fingerprint density at radius 1 is 1.52 bits per heavy atom. The van der Waals surface area contributed by atoms with Gasteiger partial charge in [-0.3, -0.25) is 4.57 Å². The minimum absolute atomic E-state index is 0.00902. The number of imidazole rings is 1. The van der Waals surface area contributed by atoms with Crippen LogP contribution in [0, 0.1) is 17.0 Å². The summed E-state index contributed by atoms with van der Waals surface area (Å²) in [6.45, 7) is 1.60. The summed E-state index contributed by atoms with van der Waals surface area (Å²) in [5.74, 6) is -1.06. The molecule has 9 heteroatoms. The molecule has 1 heterocycles. The SMILES string of the molecule is Cc1nc([N+](=O)[O-])c(Oc2cc(C(=O)O)ccc2Br)n1C. The summed E-state index contributed by atoms with van der Waals surface area (Å²) < 4.78 is 7.38. The Bertz CT molecular complexity index is 741. The van der Waals surface area contributed by atoms with Crippen LogP contribution in [0.3, 0.4) is 0 Å². The molecule has 8 nitrogen and oxygen atoms in total. The van der Waals surface area contributed by atoms with Crippen LogP contribution in [0.5, 0.6) is 11.6 Å². The van der Waals surface area contributed by atoms with E-state index in [1.54, 1.807) is 14.0 Å². The molecule has 0 atom stereocenters. The summed E-state index contributed by atoms with van der Waals surface area (Å²) in [5, 5.41) is 20.0. The molecular formula is C12H10BrN3O5. The average molecular weight is 356 g/mol. The zero-order chi connectivity index (χ0) is 15.7. The molecule has 0 aliphatic heterocycles. The fourth-order valence-electron chi connectivity index (χ4n) is 1.62. The predicted octanol–water partition coefficient (Wildman–Crippen LogP) is 2.89. The second-order valence-electron chi connectivity index (χ2n) is 4.16. The number of aryl methyl sites for hydroxylation is 1. The highest BCUT2D eigenvalue weighted by atomic mass is 79.9. The van der Waals surface area contributed by atoms with Gasteiger partial charge in [0.2, 0.25) is 5.82 Å². The number of aromatic nitrogens is 2. The smallest absolute Gasteiger partial charge is 0.427 e. The number of nitro groups is 1. The van der Waals surface area contributed by atoms with Gasteiger partial charge in [-0.15, -0.1) is 0 Å². The summed E-state index contributed by atoms with van der Waals surface area (Å²) in [6, 6.07) is 4.16. The molecule has 0 bridgehead atoms. The molecule has 2 aromatic rings. The highest BCUT2D eigenvalue weighted by Crippen LogP contribution is 2.35. The quantitative estimate of drug-likeness (QED) is 0.667. The van der Waals surface area contributed by atoms with Gasteiger partial charge in [0.1, 0.15) is 5.75 Å². The van der Waals surface area contributed by atoms with Crippen LogP contribution in [0.25, 0.3) is 0 Å². The predicted molar refractivity (Wildman–Crippen MR) is 75.8 cm³/mol. The third-order valence-corrected chi connectivity index (χ3v) is 3.46. The lowest BCUT2D eigenvalue weighted by atomic mass is 10.2. The number of rotatable bonds is 4. The number of halogens is 1. The highest BCUT2D eigenvalue weighted by Gasteiger charge is 2.26. The van der Waals surface area contributed by atoms with E-state index in [1.807, 2.05) is 0 Å². The maximum atomic E-state index is 11.0. The standard InChI is InChI=1S/C12H10BrN3O5/c1-6-14-10(16(19)20)11(15(6)2)21-9-5-7(12(17)18)3-4-8(9)13/h3-5H,1-2H3,(H,17,18). The monoisotopic (exact) mass is 355 g/mol. The maximum Gasteiger partial charge on any atom is 0.427 e. The van der Waals surface area contributed by atoms with Crippen molar-refractivity contribution in [3.05, 3.63) is 44.2 Å². The third kappa shape index (κ3) is 2.87. The molecule has 1 aromatic carbocycles. The normalized spacial score (nSPS) is 10.4. The molecule has 0 radical (unpaired) electrons. The van der Waals surface area contributed by atoms with Gasteiger partial charge in [-0.1, -0.05) is 0 Å². The molecule has 1 aromatic heterocycles. The van der Waals surface area contributed by atoms with E-state index in [9.17, 15) is 14.9 Å². The van der Waals surface area contributed by atoms with Gasteiger partial charge in [0.05, 0.1) is 10.0 Å².